The summed E-state index contributed by atoms with van der Waals surface area (Å²) in [4.78, 5) is 41.5. The summed E-state index contributed by atoms with van der Waals surface area (Å²) < 4.78 is 15.0. The number of hydrogen-bond acceptors (Lipinski definition) is 7. The molecule has 0 bridgehead atoms. The zero-order chi connectivity index (χ0) is 28.0. The molecular formula is C30H30FN7O2. The number of likely N-dealkylation sites (N-methyl/N-ethyl adjacent to an activating group) is 1. The quantitative estimate of drug-likeness (QED) is 0.304. The number of nitrogens with one attached hydrogen (secondary N) is 1. The Kier molecular flexibility index (Phi) is 6.45. The van der Waals surface area contributed by atoms with E-state index >= 15 is 0 Å². The Bertz CT molecular complexity index is 1590. The molecule has 0 unspecified atom stereocenters. The van der Waals surface area contributed by atoms with E-state index in [1.807, 2.05) is 68.6 Å². The van der Waals surface area contributed by atoms with Crippen molar-refractivity contribution >= 4 is 34.7 Å². The van der Waals surface area contributed by atoms with E-state index < -0.39 is 17.5 Å². The van der Waals surface area contributed by atoms with Gasteiger partial charge in [-0.1, -0.05) is 30.3 Å². The number of aromatic nitrogens is 3. The van der Waals surface area contributed by atoms with Crippen molar-refractivity contribution in [1.29, 1.82) is 0 Å². The highest BCUT2D eigenvalue weighted by Crippen LogP contribution is 2.38. The Hall–Kier alpha value is -4.73. The lowest BCUT2D eigenvalue weighted by molar-refractivity contribution is -0.112. The maximum Gasteiger partial charge on any atom is 0.298 e. The third-order valence-corrected chi connectivity index (χ3v) is 7.79. The number of Topliss-reactive ketones (excluding diaryl/α,β-unsaturated/α-hetero) is 1. The average Bonchev–Trinajstić information content (AvgIpc) is 3.27. The average molecular weight is 540 g/mol. The number of anilines is 4. The number of hydrogen-bond donors (Lipinski definition) is 1. The van der Waals surface area contributed by atoms with Crippen LogP contribution in [-0.2, 0) is 11.8 Å². The van der Waals surface area contributed by atoms with Crippen molar-refractivity contribution in [1.82, 2.24) is 14.5 Å². The van der Waals surface area contributed by atoms with Crippen LogP contribution in [0.3, 0.4) is 0 Å². The molecule has 0 radical (unpaired) electrons. The molecule has 2 aromatic heterocycles. The van der Waals surface area contributed by atoms with Crippen molar-refractivity contribution in [2.75, 3.05) is 53.2 Å². The fourth-order valence-electron chi connectivity index (χ4n) is 5.68. The maximum absolute atomic E-state index is 13.4. The molecule has 2 aliphatic heterocycles. The summed E-state index contributed by atoms with van der Waals surface area (Å²) >= 11 is 0. The number of aryl methyl sites for hydroxylation is 1. The van der Waals surface area contributed by atoms with Gasteiger partial charge in [0.1, 0.15) is 5.69 Å². The topological polar surface area (TPSA) is 86.6 Å². The molecule has 9 nitrogen and oxygen atoms in total. The molecule has 2 aromatic carbocycles. The van der Waals surface area contributed by atoms with E-state index in [0.717, 1.165) is 41.3 Å². The zero-order valence-corrected chi connectivity index (χ0v) is 22.6. The van der Waals surface area contributed by atoms with Crippen molar-refractivity contribution < 1.29 is 14.0 Å². The first-order chi connectivity index (χ1) is 19.3. The molecule has 0 saturated carbocycles. The van der Waals surface area contributed by atoms with Gasteiger partial charge in [-0.25, -0.2) is 14.4 Å². The zero-order valence-electron chi connectivity index (χ0n) is 22.6. The second kappa shape index (κ2) is 10.1. The second-order valence-corrected chi connectivity index (χ2v) is 10.3. The molecular weight excluding hydrogens is 509 g/mol. The third-order valence-electron chi connectivity index (χ3n) is 7.79. The fraction of sp³-hybridized carbons (Fsp3) is 0.267. The van der Waals surface area contributed by atoms with E-state index in [1.165, 1.54) is 12.4 Å². The molecule has 1 N–H and O–H groups in total. The lowest BCUT2D eigenvalue weighted by Crippen LogP contribution is -2.59. The summed E-state index contributed by atoms with van der Waals surface area (Å²) in [6.45, 7) is 4.84. The lowest BCUT2D eigenvalue weighted by atomic mass is 10.0. The van der Waals surface area contributed by atoms with Gasteiger partial charge in [-0.15, -0.1) is 0 Å². The number of benzene rings is 2. The first kappa shape index (κ1) is 25.5. The highest BCUT2D eigenvalue weighted by molar-refractivity contribution is 6.47. The third kappa shape index (κ3) is 4.55. The van der Waals surface area contributed by atoms with Gasteiger partial charge >= 0.3 is 0 Å². The van der Waals surface area contributed by atoms with Crippen LogP contribution < -0.4 is 20.0 Å². The van der Waals surface area contributed by atoms with Crippen molar-refractivity contribution in [3.63, 3.8) is 0 Å². The van der Waals surface area contributed by atoms with Gasteiger partial charge < -0.3 is 24.6 Å². The van der Waals surface area contributed by atoms with E-state index in [-0.39, 0.29) is 6.04 Å². The number of fused-ring (bicyclic) bond motifs is 3. The van der Waals surface area contributed by atoms with Gasteiger partial charge in [0.15, 0.2) is 5.82 Å². The van der Waals surface area contributed by atoms with Crippen LogP contribution in [-0.4, -0.2) is 65.5 Å². The van der Waals surface area contributed by atoms with Gasteiger partial charge in [0.2, 0.25) is 5.95 Å². The van der Waals surface area contributed by atoms with Gasteiger partial charge in [0.25, 0.3) is 11.7 Å². The number of carbonyl (C=O) groups excluding carboxylic acids is 2. The normalized spacial score (nSPS) is 16.4. The molecule has 0 aliphatic carbocycles. The van der Waals surface area contributed by atoms with Crippen molar-refractivity contribution in [3.05, 3.63) is 84.2 Å². The lowest BCUT2D eigenvalue weighted by Gasteiger charge is -2.48. The predicted molar refractivity (Wildman–Crippen MR) is 154 cm³/mol. The van der Waals surface area contributed by atoms with Crippen LogP contribution in [0, 0.1) is 12.7 Å². The van der Waals surface area contributed by atoms with Gasteiger partial charge in [-0.05, 0) is 36.8 Å². The number of piperazine rings is 1. The van der Waals surface area contributed by atoms with Gasteiger partial charge in [-0.2, -0.15) is 0 Å². The first-order valence-corrected chi connectivity index (χ1v) is 13.2. The minimum Gasteiger partial charge on any atom is -0.371 e. The van der Waals surface area contributed by atoms with Crippen LogP contribution in [0.1, 0.15) is 16.2 Å². The van der Waals surface area contributed by atoms with E-state index in [9.17, 15) is 14.0 Å². The van der Waals surface area contributed by atoms with Crippen molar-refractivity contribution in [2.24, 2.45) is 7.05 Å². The van der Waals surface area contributed by atoms with E-state index in [1.54, 1.807) is 11.6 Å². The molecule has 204 valence electrons. The Morgan fingerprint density at radius 3 is 2.45 bits per heavy atom. The summed E-state index contributed by atoms with van der Waals surface area (Å²) in [5, 5.41) is 2.83. The molecule has 2 aliphatic rings. The van der Waals surface area contributed by atoms with Crippen LogP contribution >= 0.6 is 0 Å². The van der Waals surface area contributed by atoms with Crippen LogP contribution in [0.2, 0.25) is 0 Å². The minimum absolute atomic E-state index is 0.193. The minimum atomic E-state index is -0.678. The van der Waals surface area contributed by atoms with Crippen LogP contribution in [0.4, 0.5) is 27.4 Å². The number of halogens is 1. The van der Waals surface area contributed by atoms with Crippen LogP contribution in [0.5, 0.6) is 0 Å². The van der Waals surface area contributed by atoms with Gasteiger partial charge in [-0.3, -0.25) is 9.59 Å². The highest BCUT2D eigenvalue weighted by atomic mass is 19.1. The monoisotopic (exact) mass is 539 g/mol. The molecule has 10 heteroatoms. The number of carbonyl (C=O) groups is 2. The second-order valence-electron chi connectivity index (χ2n) is 10.3. The molecule has 6 rings (SSSR count). The number of nitrogens with zero attached hydrogens (tertiary/aromatic N) is 6. The van der Waals surface area contributed by atoms with Crippen LogP contribution in [0.25, 0.3) is 11.1 Å². The van der Waals surface area contributed by atoms with E-state index in [2.05, 4.69) is 30.0 Å². The van der Waals surface area contributed by atoms with E-state index in [0.29, 0.717) is 30.4 Å². The molecule has 40 heavy (non-hydrogen) atoms. The van der Waals surface area contributed by atoms with Gasteiger partial charge in [0, 0.05) is 57.2 Å². The fourth-order valence-corrected chi connectivity index (χ4v) is 5.68. The number of amides is 1. The van der Waals surface area contributed by atoms with Crippen molar-refractivity contribution in [2.45, 2.75) is 13.0 Å². The molecule has 1 atom stereocenters. The smallest absolute Gasteiger partial charge is 0.298 e. The standard InChI is InChI=1S/C30H30FN7O2/c1-19-13-24(20-7-5-4-6-8-20)27(36(19)3)28(39)29(40)34-22-9-10-25-26(14-22)35(2)17-23-18-37(11-12-38(23)25)30-32-15-21(31)16-33-30/h4-10,13-16,23H,11-12,17-18H2,1-3H3,(H,34,40)/t23-/m1/s1. The Morgan fingerprint density at radius 1 is 0.950 bits per heavy atom. The molecule has 1 amide bonds. The molecule has 1 fully saturated rings. The summed E-state index contributed by atoms with van der Waals surface area (Å²) in [7, 11) is 3.81. The molecule has 0 spiro atoms. The number of rotatable bonds is 5. The van der Waals surface area contributed by atoms with Crippen LogP contribution in [0.15, 0.2) is 67.0 Å². The first-order valence-electron chi connectivity index (χ1n) is 13.2. The molecule has 1 saturated heterocycles. The molecule has 4 heterocycles. The maximum atomic E-state index is 13.4. The summed E-state index contributed by atoms with van der Waals surface area (Å²) in [5.41, 5.74) is 5.49. The SMILES string of the molecule is Cc1cc(-c2ccccc2)c(C(=O)C(=O)Nc2ccc3c(c2)N(C)C[C@@H]2CN(c4ncc(F)cn4)CCN32)n1C. The number of ketones is 1. The Balaban J connectivity index is 1.20. The Morgan fingerprint density at radius 2 is 1.70 bits per heavy atom. The van der Waals surface area contributed by atoms with Gasteiger partial charge in [0.05, 0.1) is 29.8 Å². The van der Waals surface area contributed by atoms with Crippen molar-refractivity contribution in [3.8, 4) is 11.1 Å². The van der Waals surface area contributed by atoms with E-state index in [4.69, 9.17) is 0 Å². The molecule has 4 aromatic rings. The predicted octanol–water partition coefficient (Wildman–Crippen LogP) is 3.90. The Labute approximate surface area is 231 Å². The summed E-state index contributed by atoms with van der Waals surface area (Å²) in [5.74, 6) is -1.18. The highest BCUT2D eigenvalue weighted by Gasteiger charge is 2.35. The summed E-state index contributed by atoms with van der Waals surface area (Å²) in [6.07, 6.45) is 2.39. The largest absolute Gasteiger partial charge is 0.371 e. The summed E-state index contributed by atoms with van der Waals surface area (Å²) in [6, 6.07) is 17.5.